The predicted octanol–water partition coefficient (Wildman–Crippen LogP) is 1.57. The summed E-state index contributed by atoms with van der Waals surface area (Å²) in [5.41, 5.74) is 0.299. The maximum atomic E-state index is 12.3. The molecule has 0 saturated carbocycles. The molecule has 0 aromatic heterocycles. The average molecular weight is 318 g/mol. The summed E-state index contributed by atoms with van der Waals surface area (Å²) in [6, 6.07) is 3.60. The summed E-state index contributed by atoms with van der Waals surface area (Å²) >= 11 is 0. The van der Waals surface area contributed by atoms with Crippen molar-refractivity contribution in [1.29, 1.82) is 0 Å². The van der Waals surface area contributed by atoms with Gasteiger partial charge in [0.05, 0.1) is 13.5 Å². The average Bonchev–Trinajstić information content (AvgIpc) is 2.45. The molecule has 0 spiro atoms. The van der Waals surface area contributed by atoms with Gasteiger partial charge in [0.25, 0.3) is 0 Å². The lowest BCUT2D eigenvalue weighted by molar-refractivity contribution is -0.136. The van der Waals surface area contributed by atoms with Crippen molar-refractivity contribution in [1.82, 2.24) is 10.6 Å². The molecule has 0 aliphatic heterocycles. The molecule has 122 valence electrons. The van der Waals surface area contributed by atoms with Gasteiger partial charge in [-0.3, -0.25) is 4.79 Å². The highest BCUT2D eigenvalue weighted by Crippen LogP contribution is 2.25. The molecular formula is C13H16F2N2O5. The molecule has 3 N–H and O–H groups in total. The van der Waals surface area contributed by atoms with Gasteiger partial charge in [-0.15, -0.1) is 0 Å². The Balaban J connectivity index is 2.62. The van der Waals surface area contributed by atoms with E-state index in [4.69, 9.17) is 9.84 Å². The maximum Gasteiger partial charge on any atom is 0.387 e. The second-order valence-corrected chi connectivity index (χ2v) is 4.11. The van der Waals surface area contributed by atoms with E-state index in [1.807, 2.05) is 0 Å². The van der Waals surface area contributed by atoms with Crippen molar-refractivity contribution in [3.05, 3.63) is 23.8 Å². The number of ether oxygens (including phenoxy) is 2. The zero-order chi connectivity index (χ0) is 16.5. The fourth-order valence-corrected chi connectivity index (χ4v) is 1.55. The zero-order valence-electron chi connectivity index (χ0n) is 11.8. The second-order valence-electron chi connectivity index (χ2n) is 4.11. The number of benzene rings is 1. The molecule has 0 heterocycles. The van der Waals surface area contributed by atoms with Gasteiger partial charge in [-0.2, -0.15) is 8.78 Å². The van der Waals surface area contributed by atoms with Crippen LogP contribution >= 0.6 is 0 Å². The monoisotopic (exact) mass is 318 g/mol. The number of aliphatic carboxylic acids is 1. The van der Waals surface area contributed by atoms with Crippen molar-refractivity contribution in [2.75, 3.05) is 13.7 Å². The molecule has 0 fully saturated rings. The van der Waals surface area contributed by atoms with Crippen LogP contribution in [0.3, 0.4) is 0 Å². The van der Waals surface area contributed by atoms with Crippen LogP contribution in [0.15, 0.2) is 18.2 Å². The number of halogens is 2. The molecule has 1 aromatic carbocycles. The molecule has 0 bridgehead atoms. The highest BCUT2D eigenvalue weighted by Gasteiger charge is 2.12. The van der Waals surface area contributed by atoms with Crippen LogP contribution < -0.4 is 20.1 Å². The molecule has 9 heteroatoms. The lowest BCUT2D eigenvalue weighted by atomic mass is 10.2. The van der Waals surface area contributed by atoms with Gasteiger partial charge in [-0.05, 0) is 18.2 Å². The van der Waals surface area contributed by atoms with E-state index in [9.17, 15) is 18.4 Å². The van der Waals surface area contributed by atoms with Gasteiger partial charge < -0.3 is 25.2 Å². The molecule has 1 aromatic rings. The number of rotatable bonds is 8. The highest BCUT2D eigenvalue weighted by atomic mass is 19.3. The Hall–Kier alpha value is -2.58. The van der Waals surface area contributed by atoms with Gasteiger partial charge in [-0.25, -0.2) is 4.79 Å². The van der Waals surface area contributed by atoms with Gasteiger partial charge in [0.2, 0.25) is 0 Å². The SMILES string of the molecule is COc1ccc(OC(F)F)c(CNC(=O)NCCC(=O)O)c1. The van der Waals surface area contributed by atoms with Crippen LogP contribution in [0.4, 0.5) is 13.6 Å². The van der Waals surface area contributed by atoms with Crippen molar-refractivity contribution in [3.8, 4) is 11.5 Å². The number of alkyl halides is 2. The van der Waals surface area contributed by atoms with Gasteiger partial charge in [0, 0.05) is 18.7 Å². The standard InChI is InChI=1S/C13H16F2N2O5/c1-21-9-2-3-10(22-12(14)15)8(6-9)7-17-13(20)16-5-4-11(18)19/h2-3,6,12H,4-5,7H2,1H3,(H,18,19)(H2,16,17,20). The van der Waals surface area contributed by atoms with Crippen LogP contribution in [-0.2, 0) is 11.3 Å². The van der Waals surface area contributed by atoms with E-state index in [0.717, 1.165) is 0 Å². The summed E-state index contributed by atoms with van der Waals surface area (Å²) in [5, 5.41) is 13.2. The van der Waals surface area contributed by atoms with E-state index in [1.165, 1.54) is 25.3 Å². The number of carbonyl (C=O) groups excluding carboxylic acids is 1. The molecule has 0 aliphatic rings. The molecule has 0 unspecified atom stereocenters. The van der Waals surface area contributed by atoms with Crippen molar-refractivity contribution < 1.29 is 33.0 Å². The minimum atomic E-state index is -2.99. The number of nitrogens with one attached hydrogen (secondary N) is 2. The zero-order valence-corrected chi connectivity index (χ0v) is 11.8. The third-order valence-corrected chi connectivity index (χ3v) is 2.55. The van der Waals surface area contributed by atoms with E-state index in [-0.39, 0.29) is 25.3 Å². The Morgan fingerprint density at radius 1 is 1.32 bits per heavy atom. The fourth-order valence-electron chi connectivity index (χ4n) is 1.55. The number of methoxy groups -OCH3 is 1. The molecule has 0 saturated heterocycles. The van der Waals surface area contributed by atoms with Gasteiger partial charge >= 0.3 is 18.6 Å². The number of hydrogen-bond acceptors (Lipinski definition) is 4. The molecule has 1 rings (SSSR count). The van der Waals surface area contributed by atoms with E-state index in [1.54, 1.807) is 0 Å². The van der Waals surface area contributed by atoms with Crippen LogP contribution in [-0.4, -0.2) is 37.4 Å². The quantitative estimate of drug-likeness (QED) is 0.676. The minimum Gasteiger partial charge on any atom is -0.497 e. The Kier molecular flexibility index (Phi) is 6.87. The van der Waals surface area contributed by atoms with Gasteiger partial charge in [0.15, 0.2) is 0 Å². The van der Waals surface area contributed by atoms with Crippen LogP contribution in [0.5, 0.6) is 11.5 Å². The van der Waals surface area contributed by atoms with Crippen LogP contribution in [0.2, 0.25) is 0 Å². The number of hydrogen-bond donors (Lipinski definition) is 3. The first-order chi connectivity index (χ1) is 10.4. The third kappa shape index (κ3) is 6.25. The first kappa shape index (κ1) is 17.5. The Bertz CT molecular complexity index is 525. The first-order valence-electron chi connectivity index (χ1n) is 6.27. The van der Waals surface area contributed by atoms with E-state index >= 15 is 0 Å². The van der Waals surface area contributed by atoms with E-state index in [2.05, 4.69) is 15.4 Å². The van der Waals surface area contributed by atoms with Crippen LogP contribution in [0, 0.1) is 0 Å². The maximum absolute atomic E-state index is 12.3. The Labute approximate surface area is 125 Å². The summed E-state index contributed by atoms with van der Waals surface area (Å²) in [6.07, 6.45) is -0.216. The van der Waals surface area contributed by atoms with Crippen molar-refractivity contribution >= 4 is 12.0 Å². The van der Waals surface area contributed by atoms with Crippen LogP contribution in [0.1, 0.15) is 12.0 Å². The largest absolute Gasteiger partial charge is 0.497 e. The summed E-state index contributed by atoms with van der Waals surface area (Å²) in [6.45, 7) is -3.12. The highest BCUT2D eigenvalue weighted by molar-refractivity contribution is 5.75. The Morgan fingerprint density at radius 2 is 2.05 bits per heavy atom. The summed E-state index contributed by atoms with van der Waals surface area (Å²) in [4.78, 5) is 21.8. The number of carbonyl (C=O) groups is 2. The van der Waals surface area contributed by atoms with Crippen LogP contribution in [0.25, 0.3) is 0 Å². The lowest BCUT2D eigenvalue weighted by Crippen LogP contribution is -2.36. The summed E-state index contributed by atoms with van der Waals surface area (Å²) in [5.74, 6) is -0.702. The Morgan fingerprint density at radius 3 is 2.64 bits per heavy atom. The molecule has 0 radical (unpaired) electrons. The predicted molar refractivity (Wildman–Crippen MR) is 72.1 cm³/mol. The summed E-state index contributed by atoms with van der Waals surface area (Å²) in [7, 11) is 1.42. The lowest BCUT2D eigenvalue weighted by Gasteiger charge is -2.13. The molecular weight excluding hydrogens is 302 g/mol. The smallest absolute Gasteiger partial charge is 0.387 e. The third-order valence-electron chi connectivity index (χ3n) is 2.55. The van der Waals surface area contributed by atoms with Crippen molar-refractivity contribution in [2.24, 2.45) is 0 Å². The van der Waals surface area contributed by atoms with E-state index in [0.29, 0.717) is 11.3 Å². The second kappa shape index (κ2) is 8.65. The summed E-state index contributed by atoms with van der Waals surface area (Å²) < 4.78 is 34.0. The fraction of sp³-hybridized carbons (Fsp3) is 0.385. The van der Waals surface area contributed by atoms with Crippen molar-refractivity contribution in [3.63, 3.8) is 0 Å². The van der Waals surface area contributed by atoms with Gasteiger partial charge in [-0.1, -0.05) is 0 Å². The number of urea groups is 1. The first-order valence-corrected chi connectivity index (χ1v) is 6.27. The molecule has 2 amide bonds. The molecule has 0 atom stereocenters. The number of amides is 2. The minimum absolute atomic E-state index is 0.0420. The number of carboxylic acids is 1. The normalized spacial score (nSPS) is 10.2. The number of carboxylic acid groups (broad SMARTS) is 1. The molecule has 0 aliphatic carbocycles. The molecule has 7 nitrogen and oxygen atoms in total. The molecule has 22 heavy (non-hydrogen) atoms. The van der Waals surface area contributed by atoms with E-state index < -0.39 is 18.6 Å². The van der Waals surface area contributed by atoms with Crippen molar-refractivity contribution in [2.45, 2.75) is 19.6 Å². The van der Waals surface area contributed by atoms with Gasteiger partial charge in [0.1, 0.15) is 11.5 Å². The topological polar surface area (TPSA) is 96.9 Å².